The molecule has 1 saturated heterocycles. The van der Waals surface area contributed by atoms with E-state index in [4.69, 9.17) is 0 Å². The highest BCUT2D eigenvalue weighted by molar-refractivity contribution is 6.07. The average Bonchev–Trinajstić information content (AvgIpc) is 3.41. The first kappa shape index (κ1) is 16.7. The van der Waals surface area contributed by atoms with Crippen LogP contribution in [0.25, 0.3) is 0 Å². The number of allylic oxidation sites excluding steroid dienone is 2. The van der Waals surface area contributed by atoms with E-state index >= 15 is 0 Å². The van der Waals surface area contributed by atoms with Gasteiger partial charge in [0, 0.05) is 12.6 Å². The van der Waals surface area contributed by atoms with Gasteiger partial charge in [0.15, 0.2) is 0 Å². The number of benzene rings is 1. The van der Waals surface area contributed by atoms with Crippen molar-refractivity contribution in [2.45, 2.75) is 27.2 Å². The van der Waals surface area contributed by atoms with Gasteiger partial charge in [0.2, 0.25) is 17.7 Å². The third kappa shape index (κ3) is 2.27. The maximum absolute atomic E-state index is 13.1. The smallest absolute Gasteiger partial charge is 0.235 e. The van der Waals surface area contributed by atoms with Crippen LogP contribution in [0.4, 0.5) is 5.69 Å². The fourth-order valence-corrected chi connectivity index (χ4v) is 5.56. The molecule has 0 N–H and O–H groups in total. The Morgan fingerprint density at radius 2 is 1.63 bits per heavy atom. The molecule has 1 aliphatic heterocycles. The van der Waals surface area contributed by atoms with Gasteiger partial charge in [0.05, 0.1) is 11.8 Å². The number of hydrogen-bond donors (Lipinski definition) is 0. The summed E-state index contributed by atoms with van der Waals surface area (Å²) in [5.41, 5.74) is 2.95. The highest BCUT2D eigenvalue weighted by atomic mass is 16.2. The molecule has 140 valence electrons. The Morgan fingerprint density at radius 3 is 2.15 bits per heavy atom. The lowest BCUT2D eigenvalue weighted by Gasteiger charge is -2.37. The Hall–Kier alpha value is -2.43. The number of hydrogen-bond acceptors (Lipinski definition) is 3. The number of nitrogens with zero attached hydrogens (tertiary/aromatic N) is 2. The SMILES string of the molecule is CC(=O)N(CN1C(=O)[C@H]2[C@@H]3C=C[C@@H]([C@H]4C[C@H]34)[C@@H]2C1=O)c1ccc(C)c(C)c1. The predicted molar refractivity (Wildman–Crippen MR) is 100 cm³/mol. The second-order valence-corrected chi connectivity index (χ2v) is 8.62. The monoisotopic (exact) mass is 364 g/mol. The lowest BCUT2D eigenvalue weighted by atomic mass is 9.63. The average molecular weight is 364 g/mol. The maximum atomic E-state index is 13.1. The van der Waals surface area contributed by atoms with Gasteiger partial charge in [0.1, 0.15) is 6.67 Å². The first-order valence-electron chi connectivity index (χ1n) is 9.77. The first-order chi connectivity index (χ1) is 12.9. The number of carbonyl (C=O) groups excluding carboxylic acids is 3. The van der Waals surface area contributed by atoms with Gasteiger partial charge in [0.25, 0.3) is 0 Å². The van der Waals surface area contributed by atoms with Crippen molar-refractivity contribution >= 4 is 23.4 Å². The number of likely N-dealkylation sites (tertiary alicyclic amines) is 1. The van der Waals surface area contributed by atoms with Crippen LogP contribution >= 0.6 is 0 Å². The van der Waals surface area contributed by atoms with Gasteiger partial charge in [-0.3, -0.25) is 24.2 Å². The summed E-state index contributed by atoms with van der Waals surface area (Å²) in [6, 6.07) is 5.78. The number of aryl methyl sites for hydroxylation is 2. The van der Waals surface area contributed by atoms with Crippen LogP contribution in [-0.4, -0.2) is 29.3 Å². The lowest BCUT2D eigenvalue weighted by molar-refractivity contribution is -0.140. The van der Waals surface area contributed by atoms with Crippen LogP contribution in [0.15, 0.2) is 30.4 Å². The molecule has 2 saturated carbocycles. The summed E-state index contributed by atoms with van der Waals surface area (Å²) in [4.78, 5) is 41.5. The van der Waals surface area contributed by atoms with Crippen molar-refractivity contribution < 1.29 is 14.4 Å². The molecule has 0 unspecified atom stereocenters. The topological polar surface area (TPSA) is 57.7 Å². The van der Waals surface area contributed by atoms with E-state index in [1.807, 2.05) is 32.0 Å². The van der Waals surface area contributed by atoms with Crippen LogP contribution in [0.2, 0.25) is 0 Å². The van der Waals surface area contributed by atoms with Crippen molar-refractivity contribution in [3.05, 3.63) is 41.5 Å². The summed E-state index contributed by atoms with van der Waals surface area (Å²) >= 11 is 0. The molecule has 1 aromatic rings. The third-order valence-corrected chi connectivity index (χ3v) is 7.22. The van der Waals surface area contributed by atoms with E-state index < -0.39 is 0 Å². The van der Waals surface area contributed by atoms with Gasteiger partial charge in [-0.15, -0.1) is 0 Å². The Morgan fingerprint density at radius 1 is 1.04 bits per heavy atom. The van der Waals surface area contributed by atoms with Crippen molar-refractivity contribution in [1.82, 2.24) is 4.90 Å². The Kier molecular flexibility index (Phi) is 3.43. The maximum Gasteiger partial charge on any atom is 0.235 e. The molecule has 5 heteroatoms. The van der Waals surface area contributed by atoms with Gasteiger partial charge in [-0.1, -0.05) is 18.2 Å². The van der Waals surface area contributed by atoms with E-state index in [-0.39, 0.29) is 48.1 Å². The van der Waals surface area contributed by atoms with E-state index in [1.54, 1.807) is 0 Å². The van der Waals surface area contributed by atoms with Crippen LogP contribution in [-0.2, 0) is 14.4 Å². The third-order valence-electron chi connectivity index (χ3n) is 7.22. The van der Waals surface area contributed by atoms with Gasteiger partial charge < -0.3 is 0 Å². The summed E-state index contributed by atoms with van der Waals surface area (Å²) in [5, 5.41) is 0. The minimum atomic E-state index is -0.218. The standard InChI is InChI=1S/C22H24N2O3/c1-11-4-5-14(8-12(11)2)23(13(3)25)10-24-21(26)19-15-6-7-16(18-9-17(15)18)20(19)22(24)27/h4-8,15-20H,9-10H2,1-3H3/t15-,16+,17-,18-,19+,20+/m1/s1. The highest BCUT2D eigenvalue weighted by Crippen LogP contribution is 2.65. The molecule has 0 spiro atoms. The number of amides is 3. The Balaban J connectivity index is 1.44. The van der Waals surface area contributed by atoms with E-state index in [1.165, 1.54) is 16.7 Å². The van der Waals surface area contributed by atoms with Gasteiger partial charge in [-0.2, -0.15) is 0 Å². The number of rotatable bonds is 3. The van der Waals surface area contributed by atoms with E-state index in [0.717, 1.165) is 23.2 Å². The van der Waals surface area contributed by atoms with Crippen molar-refractivity contribution in [2.24, 2.45) is 35.5 Å². The Bertz CT molecular complexity index is 869. The molecular weight excluding hydrogens is 340 g/mol. The molecule has 27 heavy (non-hydrogen) atoms. The molecule has 6 atom stereocenters. The molecule has 4 aliphatic carbocycles. The molecule has 2 bridgehead atoms. The molecule has 0 aromatic heterocycles. The number of carbonyl (C=O) groups is 3. The molecule has 5 aliphatic rings. The quantitative estimate of drug-likeness (QED) is 0.612. The van der Waals surface area contributed by atoms with Crippen LogP contribution in [0.5, 0.6) is 0 Å². The molecule has 0 radical (unpaired) electrons. The lowest BCUT2D eigenvalue weighted by Crippen LogP contribution is -2.44. The predicted octanol–water partition coefficient (Wildman–Crippen LogP) is 2.67. The van der Waals surface area contributed by atoms with Crippen LogP contribution < -0.4 is 4.90 Å². The zero-order valence-corrected chi connectivity index (χ0v) is 15.9. The summed E-state index contributed by atoms with van der Waals surface area (Å²) in [7, 11) is 0. The molecule has 3 fully saturated rings. The van der Waals surface area contributed by atoms with Crippen LogP contribution in [0.1, 0.15) is 24.5 Å². The second-order valence-electron chi connectivity index (χ2n) is 8.62. The molecule has 6 rings (SSSR count). The molecule has 3 amide bonds. The summed E-state index contributed by atoms with van der Waals surface area (Å²) in [6.07, 6.45) is 5.49. The van der Waals surface area contributed by atoms with Crippen molar-refractivity contribution in [2.75, 3.05) is 11.6 Å². The highest BCUT2D eigenvalue weighted by Gasteiger charge is 2.67. The second kappa shape index (κ2) is 5.54. The molecular formula is C22H24N2O3. The fraction of sp³-hybridized carbons (Fsp3) is 0.500. The van der Waals surface area contributed by atoms with Crippen molar-refractivity contribution in [1.29, 1.82) is 0 Å². The number of imide groups is 1. The minimum Gasteiger partial charge on any atom is -0.294 e. The summed E-state index contributed by atoms with van der Waals surface area (Å²) in [6.45, 7) is 5.50. The van der Waals surface area contributed by atoms with Gasteiger partial charge in [-0.25, -0.2) is 0 Å². The van der Waals surface area contributed by atoms with E-state index in [9.17, 15) is 14.4 Å². The molecule has 5 nitrogen and oxygen atoms in total. The zero-order chi connectivity index (χ0) is 19.0. The van der Waals surface area contributed by atoms with E-state index in [0.29, 0.717) is 11.8 Å². The number of anilines is 1. The first-order valence-corrected chi connectivity index (χ1v) is 9.77. The van der Waals surface area contributed by atoms with Crippen molar-refractivity contribution in [3.8, 4) is 0 Å². The summed E-state index contributed by atoms with van der Waals surface area (Å²) < 4.78 is 0. The molecule has 1 aromatic carbocycles. The normalized spacial score (nSPS) is 35.3. The van der Waals surface area contributed by atoms with Crippen LogP contribution in [0, 0.1) is 49.4 Å². The van der Waals surface area contributed by atoms with Crippen molar-refractivity contribution in [3.63, 3.8) is 0 Å². The van der Waals surface area contributed by atoms with Crippen LogP contribution in [0.3, 0.4) is 0 Å². The van der Waals surface area contributed by atoms with Gasteiger partial charge >= 0.3 is 0 Å². The summed E-state index contributed by atoms with van der Waals surface area (Å²) in [5.74, 6) is 0.794. The Labute approximate surface area is 159 Å². The fourth-order valence-electron chi connectivity index (χ4n) is 5.56. The zero-order valence-electron chi connectivity index (χ0n) is 15.9. The van der Waals surface area contributed by atoms with E-state index in [2.05, 4.69) is 12.2 Å². The molecule has 1 heterocycles. The van der Waals surface area contributed by atoms with Gasteiger partial charge in [-0.05, 0) is 67.2 Å². The minimum absolute atomic E-state index is 0.0112. The largest absolute Gasteiger partial charge is 0.294 e.